The lowest BCUT2D eigenvalue weighted by Gasteiger charge is -2.26. The topological polar surface area (TPSA) is 185 Å². The summed E-state index contributed by atoms with van der Waals surface area (Å²) in [6.07, 6.45) is 0.469. The third-order valence-corrected chi connectivity index (χ3v) is 4.99. The van der Waals surface area contributed by atoms with Crippen LogP contribution in [0.15, 0.2) is 30.3 Å². The second kappa shape index (κ2) is 11.1. The van der Waals surface area contributed by atoms with Crippen LogP contribution in [0.5, 0.6) is 0 Å². The van der Waals surface area contributed by atoms with Crippen molar-refractivity contribution < 1.29 is 29.1 Å². The van der Waals surface area contributed by atoms with Crippen LogP contribution in [0, 0.1) is 0 Å². The van der Waals surface area contributed by atoms with Gasteiger partial charge in [-0.3, -0.25) is 19.2 Å². The van der Waals surface area contributed by atoms with E-state index in [1.165, 1.54) is 4.90 Å². The summed E-state index contributed by atoms with van der Waals surface area (Å²) in [6, 6.07) is 5.21. The van der Waals surface area contributed by atoms with E-state index in [2.05, 4.69) is 10.6 Å². The second-order valence-corrected chi connectivity index (χ2v) is 7.27. The average Bonchev–Trinajstić information content (AvgIpc) is 3.22. The summed E-state index contributed by atoms with van der Waals surface area (Å²) in [4.78, 5) is 61.7. The summed E-state index contributed by atoms with van der Waals surface area (Å²) in [5.41, 5.74) is 11.3. The number of amides is 4. The van der Waals surface area contributed by atoms with Crippen LogP contribution < -0.4 is 22.1 Å². The van der Waals surface area contributed by atoms with E-state index in [4.69, 9.17) is 11.5 Å². The molecule has 1 fully saturated rings. The molecule has 11 nitrogen and oxygen atoms in total. The van der Waals surface area contributed by atoms with Gasteiger partial charge in [0.25, 0.3) is 0 Å². The van der Waals surface area contributed by atoms with Crippen molar-refractivity contribution >= 4 is 29.6 Å². The molecule has 0 aromatic heterocycles. The first kappa shape index (κ1) is 23.8. The molecule has 7 N–H and O–H groups in total. The Kier molecular flexibility index (Phi) is 8.50. The molecule has 1 aromatic rings. The largest absolute Gasteiger partial charge is 0.480 e. The van der Waals surface area contributed by atoms with Gasteiger partial charge in [0, 0.05) is 13.0 Å². The fraction of sp³-hybridized carbons (Fsp3) is 0.450. The predicted molar refractivity (Wildman–Crippen MR) is 109 cm³/mol. The monoisotopic (exact) mass is 433 g/mol. The number of likely N-dealkylation sites (tertiary alicyclic amines) is 1. The summed E-state index contributed by atoms with van der Waals surface area (Å²) in [7, 11) is 0. The molecule has 1 heterocycles. The third kappa shape index (κ3) is 6.78. The molecule has 11 heteroatoms. The number of primary amides is 1. The number of benzene rings is 1. The van der Waals surface area contributed by atoms with E-state index in [1.54, 1.807) is 30.3 Å². The highest BCUT2D eigenvalue weighted by Crippen LogP contribution is 2.17. The number of carboxylic acid groups (broad SMARTS) is 1. The number of nitrogens with one attached hydrogen (secondary N) is 2. The summed E-state index contributed by atoms with van der Waals surface area (Å²) in [6.45, 7) is 0.105. The molecule has 168 valence electrons. The maximum atomic E-state index is 12.7. The molecule has 1 aliphatic heterocycles. The molecule has 3 atom stereocenters. The lowest BCUT2D eigenvalue weighted by atomic mass is 10.0. The first-order chi connectivity index (χ1) is 14.7. The van der Waals surface area contributed by atoms with E-state index in [0.29, 0.717) is 24.9 Å². The minimum atomic E-state index is -1.38. The van der Waals surface area contributed by atoms with E-state index >= 15 is 0 Å². The number of carbonyl (C=O) groups is 5. The van der Waals surface area contributed by atoms with E-state index in [9.17, 15) is 29.1 Å². The average molecular weight is 433 g/mol. The van der Waals surface area contributed by atoms with Gasteiger partial charge in [-0.05, 0) is 18.4 Å². The van der Waals surface area contributed by atoms with Gasteiger partial charge >= 0.3 is 5.97 Å². The highest BCUT2D eigenvalue weighted by Gasteiger charge is 2.36. The van der Waals surface area contributed by atoms with Gasteiger partial charge < -0.3 is 32.1 Å². The van der Waals surface area contributed by atoms with Crippen LogP contribution in [0.25, 0.3) is 0 Å². The molecule has 2 rings (SSSR count). The molecule has 4 amide bonds. The molecule has 1 aliphatic rings. The van der Waals surface area contributed by atoms with Gasteiger partial charge in [0.1, 0.15) is 18.1 Å². The van der Waals surface area contributed by atoms with Crippen molar-refractivity contribution in [2.75, 3.05) is 13.1 Å². The molecule has 1 saturated heterocycles. The predicted octanol–water partition coefficient (Wildman–Crippen LogP) is -1.89. The number of nitrogens with two attached hydrogens (primary N) is 2. The van der Waals surface area contributed by atoms with Crippen LogP contribution in [0.4, 0.5) is 0 Å². The highest BCUT2D eigenvalue weighted by molar-refractivity contribution is 5.96. The molecule has 0 radical (unpaired) electrons. The Morgan fingerprint density at radius 1 is 1.10 bits per heavy atom. The smallest absolute Gasteiger partial charge is 0.326 e. The Balaban J connectivity index is 2.10. The van der Waals surface area contributed by atoms with Crippen LogP contribution in [0.2, 0.25) is 0 Å². The van der Waals surface area contributed by atoms with Crippen LogP contribution in [0.1, 0.15) is 24.8 Å². The van der Waals surface area contributed by atoms with E-state index in [-0.39, 0.29) is 13.0 Å². The third-order valence-electron chi connectivity index (χ3n) is 4.99. The molecule has 0 bridgehead atoms. The van der Waals surface area contributed by atoms with Crippen molar-refractivity contribution in [3.8, 4) is 0 Å². The lowest BCUT2D eigenvalue weighted by molar-refractivity contribution is -0.143. The zero-order valence-electron chi connectivity index (χ0n) is 17.0. The number of carbonyl (C=O) groups excluding carboxylic acids is 4. The summed E-state index contributed by atoms with van der Waals surface area (Å²) < 4.78 is 0. The Morgan fingerprint density at radius 3 is 2.35 bits per heavy atom. The lowest BCUT2D eigenvalue weighted by Crippen LogP contribution is -2.56. The Labute approximate surface area is 179 Å². The van der Waals surface area contributed by atoms with Crippen LogP contribution in [-0.2, 0) is 30.4 Å². The zero-order chi connectivity index (χ0) is 23.0. The summed E-state index contributed by atoms with van der Waals surface area (Å²) >= 11 is 0. The fourth-order valence-electron chi connectivity index (χ4n) is 3.46. The first-order valence-electron chi connectivity index (χ1n) is 9.88. The summed E-state index contributed by atoms with van der Waals surface area (Å²) in [5.74, 6) is -4.00. The van der Waals surface area contributed by atoms with Crippen molar-refractivity contribution in [1.82, 2.24) is 15.5 Å². The Bertz CT molecular complexity index is 831. The molecule has 0 aliphatic carbocycles. The zero-order valence-corrected chi connectivity index (χ0v) is 17.0. The quantitative estimate of drug-likeness (QED) is 0.285. The van der Waals surface area contributed by atoms with Crippen LogP contribution in [-0.4, -0.2) is 70.8 Å². The molecule has 1 aromatic carbocycles. The van der Waals surface area contributed by atoms with Gasteiger partial charge in [-0.2, -0.15) is 0 Å². The van der Waals surface area contributed by atoms with Gasteiger partial charge in [0.2, 0.25) is 23.6 Å². The fourth-order valence-corrected chi connectivity index (χ4v) is 3.46. The first-order valence-corrected chi connectivity index (χ1v) is 9.88. The maximum Gasteiger partial charge on any atom is 0.326 e. The van der Waals surface area contributed by atoms with Crippen molar-refractivity contribution in [1.29, 1.82) is 0 Å². The van der Waals surface area contributed by atoms with Gasteiger partial charge in [-0.25, -0.2) is 4.79 Å². The second-order valence-electron chi connectivity index (χ2n) is 7.27. The number of hydrogen-bond acceptors (Lipinski definition) is 6. The van der Waals surface area contributed by atoms with Crippen molar-refractivity contribution in [2.45, 2.75) is 43.8 Å². The standard InChI is InChI=1S/C20H27N5O6/c21-11-17(27)25-8-4-7-15(25)19(29)23-13(10-16(22)26)18(28)24-14(20(30)31)9-12-5-2-1-3-6-12/h1-3,5-6,13-15H,4,7-11,21H2,(H2,22,26)(H,23,29)(H,24,28)(H,30,31). The van der Waals surface area contributed by atoms with Crippen LogP contribution in [0.3, 0.4) is 0 Å². The molecular weight excluding hydrogens is 406 g/mol. The molecule has 0 saturated carbocycles. The summed E-state index contributed by atoms with van der Waals surface area (Å²) in [5, 5.41) is 14.3. The van der Waals surface area contributed by atoms with Crippen molar-refractivity contribution in [3.63, 3.8) is 0 Å². The van der Waals surface area contributed by atoms with E-state index < -0.39 is 54.1 Å². The number of hydrogen-bond donors (Lipinski definition) is 5. The normalized spacial score (nSPS) is 17.5. The number of rotatable bonds is 10. The Hall–Kier alpha value is -3.47. The minimum Gasteiger partial charge on any atom is -0.480 e. The van der Waals surface area contributed by atoms with E-state index in [0.717, 1.165) is 0 Å². The number of aliphatic carboxylic acids is 1. The Morgan fingerprint density at radius 2 is 1.77 bits per heavy atom. The van der Waals surface area contributed by atoms with Gasteiger partial charge in [-0.1, -0.05) is 30.3 Å². The van der Waals surface area contributed by atoms with Gasteiger partial charge in [0.05, 0.1) is 13.0 Å². The minimum absolute atomic E-state index is 0.0144. The van der Waals surface area contributed by atoms with Crippen molar-refractivity contribution in [2.24, 2.45) is 11.5 Å². The SMILES string of the molecule is NCC(=O)N1CCCC1C(=O)NC(CC(N)=O)C(=O)NC(Cc1ccccc1)C(=O)O. The van der Waals surface area contributed by atoms with Crippen molar-refractivity contribution in [3.05, 3.63) is 35.9 Å². The maximum absolute atomic E-state index is 12.7. The molecule has 31 heavy (non-hydrogen) atoms. The van der Waals surface area contributed by atoms with Gasteiger partial charge in [0.15, 0.2) is 0 Å². The van der Waals surface area contributed by atoms with Crippen LogP contribution >= 0.6 is 0 Å². The molecular formula is C20H27N5O6. The molecule has 0 spiro atoms. The highest BCUT2D eigenvalue weighted by atomic mass is 16.4. The molecule has 3 unspecified atom stereocenters. The number of nitrogens with zero attached hydrogens (tertiary/aromatic N) is 1. The number of carboxylic acids is 1. The van der Waals surface area contributed by atoms with Gasteiger partial charge in [-0.15, -0.1) is 0 Å². The van der Waals surface area contributed by atoms with E-state index in [1.807, 2.05) is 0 Å².